The second-order valence-corrected chi connectivity index (χ2v) is 8.09. The first-order valence-electron chi connectivity index (χ1n) is 10.4. The summed E-state index contributed by atoms with van der Waals surface area (Å²) in [7, 11) is 0. The van der Waals surface area contributed by atoms with Gasteiger partial charge in [0.1, 0.15) is 11.6 Å². The second kappa shape index (κ2) is 8.26. The van der Waals surface area contributed by atoms with E-state index in [4.69, 9.17) is 4.98 Å². The summed E-state index contributed by atoms with van der Waals surface area (Å²) >= 11 is 0. The topological polar surface area (TPSA) is 67.2 Å². The van der Waals surface area contributed by atoms with Gasteiger partial charge in [0, 0.05) is 61.3 Å². The molecule has 0 aliphatic carbocycles. The van der Waals surface area contributed by atoms with Gasteiger partial charge in [-0.15, -0.1) is 0 Å². The Morgan fingerprint density at radius 1 is 0.967 bits per heavy atom. The van der Waals surface area contributed by atoms with Crippen LogP contribution in [-0.4, -0.2) is 56.7 Å². The Bertz CT molecular complexity index is 1030. The van der Waals surface area contributed by atoms with Gasteiger partial charge in [0.2, 0.25) is 0 Å². The van der Waals surface area contributed by atoms with Crippen molar-refractivity contribution in [1.29, 1.82) is 0 Å². The Kier molecular flexibility index (Phi) is 5.53. The lowest BCUT2D eigenvalue weighted by Crippen LogP contribution is -2.49. The Labute approximate surface area is 177 Å². The summed E-state index contributed by atoms with van der Waals surface area (Å²) in [6, 6.07) is 11.6. The first-order chi connectivity index (χ1) is 14.4. The molecule has 7 heteroatoms. The number of hydrogen-bond acceptors (Lipinski definition) is 5. The highest BCUT2D eigenvalue weighted by Gasteiger charge is 2.23. The van der Waals surface area contributed by atoms with E-state index in [0.717, 1.165) is 41.8 Å². The van der Waals surface area contributed by atoms with E-state index in [-0.39, 0.29) is 5.91 Å². The van der Waals surface area contributed by atoms with Gasteiger partial charge in [-0.1, -0.05) is 13.8 Å². The fraction of sp³-hybridized carbons (Fsp3) is 0.391. The van der Waals surface area contributed by atoms with E-state index in [1.54, 1.807) is 6.20 Å². The van der Waals surface area contributed by atoms with E-state index < -0.39 is 0 Å². The van der Waals surface area contributed by atoms with E-state index in [0.29, 0.717) is 24.6 Å². The van der Waals surface area contributed by atoms with Gasteiger partial charge in [0.15, 0.2) is 0 Å². The molecule has 0 atom stereocenters. The lowest BCUT2D eigenvalue weighted by atomic mass is 10.1. The number of hydrogen-bond donors (Lipinski definition) is 0. The number of carbonyl (C=O) groups excluding carboxylic acids is 1. The van der Waals surface area contributed by atoms with Gasteiger partial charge in [-0.2, -0.15) is 5.10 Å². The highest BCUT2D eigenvalue weighted by molar-refractivity contribution is 5.94. The van der Waals surface area contributed by atoms with Gasteiger partial charge in [-0.05, 0) is 44.2 Å². The zero-order valence-electron chi connectivity index (χ0n) is 18.0. The lowest BCUT2D eigenvalue weighted by Gasteiger charge is -2.35. The Morgan fingerprint density at radius 2 is 1.67 bits per heavy atom. The molecule has 1 aliphatic rings. The maximum Gasteiger partial charge on any atom is 0.253 e. The standard InChI is InChI=1S/C23H28N6O/c1-16(2)22-25-17(3)15-21(26-22)27-11-13-28(14-12-27)23(30)19-5-7-20(8-6-19)29-18(4)9-10-24-29/h5-10,15-16H,11-14H2,1-4H3. The summed E-state index contributed by atoms with van der Waals surface area (Å²) in [6.07, 6.45) is 1.77. The molecule has 4 rings (SSSR count). The van der Waals surface area contributed by atoms with Crippen LogP contribution >= 0.6 is 0 Å². The van der Waals surface area contributed by atoms with Crippen molar-refractivity contribution in [3.8, 4) is 5.69 Å². The van der Waals surface area contributed by atoms with E-state index in [2.05, 4.69) is 28.8 Å². The summed E-state index contributed by atoms with van der Waals surface area (Å²) in [5, 5.41) is 4.32. The van der Waals surface area contributed by atoms with Gasteiger partial charge in [-0.3, -0.25) is 4.79 Å². The number of aromatic nitrogens is 4. The van der Waals surface area contributed by atoms with Crippen LogP contribution in [0.1, 0.15) is 47.3 Å². The fourth-order valence-electron chi connectivity index (χ4n) is 3.70. The Morgan fingerprint density at radius 3 is 2.27 bits per heavy atom. The van der Waals surface area contributed by atoms with Crippen molar-refractivity contribution in [2.75, 3.05) is 31.1 Å². The summed E-state index contributed by atoms with van der Waals surface area (Å²) in [5.41, 5.74) is 3.71. The Hall–Kier alpha value is -3.22. The molecule has 0 unspecified atom stereocenters. The number of rotatable bonds is 4. The second-order valence-electron chi connectivity index (χ2n) is 8.09. The summed E-state index contributed by atoms with van der Waals surface area (Å²) < 4.78 is 1.86. The van der Waals surface area contributed by atoms with Crippen LogP contribution in [0, 0.1) is 13.8 Å². The normalized spacial score (nSPS) is 14.4. The average molecular weight is 405 g/mol. The molecule has 0 bridgehead atoms. The monoisotopic (exact) mass is 404 g/mol. The van der Waals surface area contributed by atoms with Crippen molar-refractivity contribution in [1.82, 2.24) is 24.6 Å². The van der Waals surface area contributed by atoms with E-state index in [1.165, 1.54) is 0 Å². The molecule has 1 saturated heterocycles. The van der Waals surface area contributed by atoms with Crippen molar-refractivity contribution in [2.45, 2.75) is 33.6 Å². The summed E-state index contributed by atoms with van der Waals surface area (Å²) in [5.74, 6) is 2.19. The molecule has 3 aromatic rings. The highest BCUT2D eigenvalue weighted by Crippen LogP contribution is 2.20. The SMILES string of the molecule is Cc1cc(N2CCN(C(=O)c3ccc(-n4nccc4C)cc3)CC2)nc(C(C)C)n1. The molecule has 0 N–H and O–H groups in total. The molecule has 0 radical (unpaired) electrons. The van der Waals surface area contributed by atoms with Gasteiger partial charge < -0.3 is 9.80 Å². The number of amides is 1. The first kappa shape index (κ1) is 20.1. The van der Waals surface area contributed by atoms with Crippen LogP contribution in [0.15, 0.2) is 42.6 Å². The molecule has 1 fully saturated rings. The minimum Gasteiger partial charge on any atom is -0.353 e. The number of carbonyl (C=O) groups is 1. The van der Waals surface area contributed by atoms with Gasteiger partial charge in [-0.25, -0.2) is 14.6 Å². The largest absolute Gasteiger partial charge is 0.353 e. The number of piperazine rings is 1. The van der Waals surface area contributed by atoms with Crippen molar-refractivity contribution >= 4 is 11.7 Å². The first-order valence-corrected chi connectivity index (χ1v) is 10.4. The smallest absolute Gasteiger partial charge is 0.253 e. The minimum absolute atomic E-state index is 0.0696. The highest BCUT2D eigenvalue weighted by atomic mass is 16.2. The molecule has 30 heavy (non-hydrogen) atoms. The van der Waals surface area contributed by atoms with Crippen molar-refractivity contribution in [3.63, 3.8) is 0 Å². The molecule has 1 aromatic carbocycles. The van der Waals surface area contributed by atoms with Crippen LogP contribution in [0.3, 0.4) is 0 Å². The molecule has 0 spiro atoms. The molecule has 156 valence electrons. The minimum atomic E-state index is 0.0696. The zero-order valence-corrected chi connectivity index (χ0v) is 18.0. The molecule has 0 saturated carbocycles. The quantitative estimate of drug-likeness (QED) is 0.667. The molecule has 7 nitrogen and oxygen atoms in total. The van der Waals surface area contributed by atoms with E-state index in [9.17, 15) is 4.79 Å². The maximum atomic E-state index is 13.0. The molecule has 1 aliphatic heterocycles. The Balaban J connectivity index is 1.42. The van der Waals surface area contributed by atoms with Crippen molar-refractivity contribution in [3.05, 3.63) is 65.4 Å². The molecule has 2 aromatic heterocycles. The van der Waals surface area contributed by atoms with Crippen LogP contribution in [0.4, 0.5) is 5.82 Å². The number of benzene rings is 1. The van der Waals surface area contributed by atoms with Gasteiger partial charge in [0.05, 0.1) is 5.69 Å². The molecular formula is C23H28N6O. The third kappa shape index (κ3) is 4.06. The maximum absolute atomic E-state index is 13.0. The van der Waals surface area contributed by atoms with Crippen molar-refractivity contribution in [2.24, 2.45) is 0 Å². The third-order valence-corrected chi connectivity index (χ3v) is 5.46. The van der Waals surface area contributed by atoms with Crippen LogP contribution in [0.25, 0.3) is 5.69 Å². The van der Waals surface area contributed by atoms with Gasteiger partial charge in [0.25, 0.3) is 5.91 Å². The van der Waals surface area contributed by atoms with Crippen LogP contribution in [-0.2, 0) is 0 Å². The van der Waals surface area contributed by atoms with Crippen LogP contribution < -0.4 is 4.90 Å². The molecule has 1 amide bonds. The lowest BCUT2D eigenvalue weighted by molar-refractivity contribution is 0.0746. The zero-order chi connectivity index (χ0) is 21.3. The number of aryl methyl sites for hydroxylation is 2. The third-order valence-electron chi connectivity index (χ3n) is 5.46. The molecular weight excluding hydrogens is 376 g/mol. The number of anilines is 1. The van der Waals surface area contributed by atoms with E-state index >= 15 is 0 Å². The van der Waals surface area contributed by atoms with Crippen LogP contribution in [0.5, 0.6) is 0 Å². The molecule has 3 heterocycles. The fourth-order valence-corrected chi connectivity index (χ4v) is 3.70. The van der Waals surface area contributed by atoms with Gasteiger partial charge >= 0.3 is 0 Å². The van der Waals surface area contributed by atoms with E-state index in [1.807, 2.05) is 59.8 Å². The predicted octanol–water partition coefficient (Wildman–Crippen LogP) is 3.36. The van der Waals surface area contributed by atoms with Crippen molar-refractivity contribution < 1.29 is 4.79 Å². The number of nitrogens with zero attached hydrogens (tertiary/aromatic N) is 6. The average Bonchev–Trinajstić information content (AvgIpc) is 3.19. The summed E-state index contributed by atoms with van der Waals surface area (Å²) in [4.78, 5) is 26.4. The van der Waals surface area contributed by atoms with Crippen LogP contribution in [0.2, 0.25) is 0 Å². The summed E-state index contributed by atoms with van der Waals surface area (Å²) in [6.45, 7) is 11.1. The predicted molar refractivity (Wildman–Crippen MR) is 117 cm³/mol.